The normalized spacial score (nSPS) is 16.6. The molecule has 156 valence electrons. The number of hydrogen-bond acceptors (Lipinski definition) is 5. The maximum atomic E-state index is 12.5. The highest BCUT2D eigenvalue weighted by molar-refractivity contribution is 5.79. The van der Waals surface area contributed by atoms with Crippen LogP contribution in [0.25, 0.3) is 0 Å². The van der Waals surface area contributed by atoms with Gasteiger partial charge >= 0.3 is 0 Å². The SMILES string of the molecule is CCOCCCNC(=O)C1CCCN(c2cnn(Cc3ccccc3)c(=O)c2)C1. The number of aromatic nitrogens is 2. The van der Waals surface area contributed by atoms with Gasteiger partial charge in [0, 0.05) is 38.9 Å². The van der Waals surface area contributed by atoms with Gasteiger partial charge in [-0.3, -0.25) is 9.59 Å². The molecule has 2 heterocycles. The summed E-state index contributed by atoms with van der Waals surface area (Å²) in [6.45, 7) is 5.85. The first kappa shape index (κ1) is 21.0. The van der Waals surface area contributed by atoms with E-state index in [0.717, 1.165) is 37.1 Å². The van der Waals surface area contributed by atoms with E-state index < -0.39 is 0 Å². The van der Waals surface area contributed by atoms with E-state index in [4.69, 9.17) is 4.74 Å². The Bertz CT molecular complexity index is 837. The van der Waals surface area contributed by atoms with Gasteiger partial charge in [-0.2, -0.15) is 5.10 Å². The minimum atomic E-state index is -0.131. The van der Waals surface area contributed by atoms with Crippen LogP contribution in [0.1, 0.15) is 31.7 Å². The standard InChI is InChI=1S/C22H30N4O3/c1-2-29-13-7-11-23-22(28)19-10-6-12-25(17-19)20-14-21(27)26(24-15-20)16-18-8-4-3-5-9-18/h3-5,8-9,14-15,19H,2,6-7,10-13,16-17H2,1H3,(H,23,28). The maximum Gasteiger partial charge on any atom is 0.269 e. The molecule has 3 rings (SSSR count). The Hall–Kier alpha value is -2.67. The molecule has 7 nitrogen and oxygen atoms in total. The van der Waals surface area contributed by atoms with Gasteiger partial charge in [0.2, 0.25) is 5.91 Å². The fourth-order valence-electron chi connectivity index (χ4n) is 3.57. The van der Waals surface area contributed by atoms with Crippen molar-refractivity contribution in [3.63, 3.8) is 0 Å². The summed E-state index contributed by atoms with van der Waals surface area (Å²) < 4.78 is 6.76. The van der Waals surface area contributed by atoms with E-state index in [1.165, 1.54) is 4.68 Å². The number of rotatable bonds is 9. The van der Waals surface area contributed by atoms with Crippen molar-refractivity contribution in [2.24, 2.45) is 5.92 Å². The predicted molar refractivity (Wildman–Crippen MR) is 113 cm³/mol. The lowest BCUT2D eigenvalue weighted by Gasteiger charge is -2.33. The molecular formula is C22H30N4O3. The molecule has 29 heavy (non-hydrogen) atoms. The number of nitrogens with one attached hydrogen (secondary N) is 1. The zero-order chi connectivity index (χ0) is 20.5. The third kappa shape index (κ3) is 6.15. The molecule has 0 spiro atoms. The van der Waals surface area contributed by atoms with Crippen LogP contribution in [-0.4, -0.2) is 48.5 Å². The maximum absolute atomic E-state index is 12.5. The molecule has 0 radical (unpaired) electrons. The molecule has 0 bridgehead atoms. The summed E-state index contributed by atoms with van der Waals surface area (Å²) in [5.41, 5.74) is 1.69. The molecule has 1 atom stereocenters. The minimum Gasteiger partial charge on any atom is -0.382 e. The number of carbonyl (C=O) groups is 1. The molecular weight excluding hydrogens is 368 g/mol. The average molecular weight is 399 g/mol. The Morgan fingerprint density at radius 2 is 2.14 bits per heavy atom. The highest BCUT2D eigenvalue weighted by atomic mass is 16.5. The van der Waals surface area contributed by atoms with Gasteiger partial charge in [0.25, 0.3) is 5.56 Å². The van der Waals surface area contributed by atoms with Crippen LogP contribution in [0.3, 0.4) is 0 Å². The van der Waals surface area contributed by atoms with Crippen molar-refractivity contribution in [3.05, 3.63) is 58.5 Å². The van der Waals surface area contributed by atoms with Crippen molar-refractivity contribution in [2.45, 2.75) is 32.7 Å². The number of anilines is 1. The first-order valence-corrected chi connectivity index (χ1v) is 10.4. The van der Waals surface area contributed by atoms with Crippen LogP contribution in [-0.2, 0) is 16.1 Å². The van der Waals surface area contributed by atoms with Gasteiger partial charge in [-0.1, -0.05) is 30.3 Å². The quantitative estimate of drug-likeness (QED) is 0.654. The molecule has 0 saturated carbocycles. The van der Waals surface area contributed by atoms with Crippen molar-refractivity contribution in [2.75, 3.05) is 37.7 Å². The van der Waals surface area contributed by atoms with E-state index >= 15 is 0 Å². The zero-order valence-electron chi connectivity index (χ0n) is 17.0. The number of benzene rings is 1. The van der Waals surface area contributed by atoms with Crippen LogP contribution in [0.15, 0.2) is 47.4 Å². The van der Waals surface area contributed by atoms with Gasteiger partial charge in [0.15, 0.2) is 0 Å². The van der Waals surface area contributed by atoms with Gasteiger partial charge < -0.3 is 15.0 Å². The first-order chi connectivity index (χ1) is 14.2. The lowest BCUT2D eigenvalue weighted by Crippen LogP contribution is -2.44. The molecule has 1 amide bonds. The van der Waals surface area contributed by atoms with Crippen molar-refractivity contribution in [1.82, 2.24) is 15.1 Å². The number of carbonyl (C=O) groups excluding carboxylic acids is 1. The van der Waals surface area contributed by atoms with Gasteiger partial charge in [-0.25, -0.2) is 4.68 Å². The minimum absolute atomic E-state index is 0.0670. The van der Waals surface area contributed by atoms with Crippen molar-refractivity contribution >= 4 is 11.6 Å². The summed E-state index contributed by atoms with van der Waals surface area (Å²) in [5.74, 6) is 0.0131. The van der Waals surface area contributed by atoms with Crippen LogP contribution in [0, 0.1) is 5.92 Å². The smallest absolute Gasteiger partial charge is 0.269 e. The number of amides is 1. The molecule has 7 heteroatoms. The highest BCUT2D eigenvalue weighted by Crippen LogP contribution is 2.21. The van der Waals surface area contributed by atoms with Gasteiger partial charge in [-0.15, -0.1) is 0 Å². The average Bonchev–Trinajstić information content (AvgIpc) is 2.76. The summed E-state index contributed by atoms with van der Waals surface area (Å²) in [5, 5.41) is 7.35. The summed E-state index contributed by atoms with van der Waals surface area (Å²) in [6, 6.07) is 11.4. The van der Waals surface area contributed by atoms with Crippen LogP contribution in [0.2, 0.25) is 0 Å². The van der Waals surface area contributed by atoms with Gasteiger partial charge in [-0.05, 0) is 31.7 Å². The van der Waals surface area contributed by atoms with Crippen LogP contribution in [0.4, 0.5) is 5.69 Å². The Morgan fingerprint density at radius 1 is 1.31 bits per heavy atom. The molecule has 1 N–H and O–H groups in total. The van der Waals surface area contributed by atoms with E-state index in [1.54, 1.807) is 12.3 Å². The Morgan fingerprint density at radius 3 is 2.90 bits per heavy atom. The van der Waals surface area contributed by atoms with E-state index in [1.807, 2.05) is 37.3 Å². The van der Waals surface area contributed by atoms with Gasteiger partial charge in [0.05, 0.1) is 24.3 Å². The van der Waals surface area contributed by atoms with Gasteiger partial charge in [0.1, 0.15) is 0 Å². The molecule has 1 fully saturated rings. The largest absolute Gasteiger partial charge is 0.382 e. The predicted octanol–water partition coefficient (Wildman–Crippen LogP) is 2.05. The molecule has 1 aliphatic heterocycles. The number of hydrogen-bond donors (Lipinski definition) is 1. The van der Waals surface area contributed by atoms with E-state index in [9.17, 15) is 9.59 Å². The van der Waals surface area contributed by atoms with Crippen molar-refractivity contribution < 1.29 is 9.53 Å². The highest BCUT2D eigenvalue weighted by Gasteiger charge is 2.26. The Balaban J connectivity index is 1.56. The fraction of sp³-hybridized carbons (Fsp3) is 0.500. The second-order valence-electron chi connectivity index (χ2n) is 7.32. The molecule has 1 aliphatic rings. The third-order valence-corrected chi connectivity index (χ3v) is 5.16. The number of ether oxygens (including phenoxy) is 1. The molecule has 1 unspecified atom stereocenters. The second-order valence-corrected chi connectivity index (χ2v) is 7.32. The third-order valence-electron chi connectivity index (χ3n) is 5.16. The lowest BCUT2D eigenvalue weighted by atomic mass is 9.97. The summed E-state index contributed by atoms with van der Waals surface area (Å²) in [6.07, 6.45) is 4.34. The topological polar surface area (TPSA) is 76.5 Å². The fourth-order valence-corrected chi connectivity index (χ4v) is 3.57. The molecule has 1 aromatic heterocycles. The number of nitrogens with zero attached hydrogens (tertiary/aromatic N) is 3. The van der Waals surface area contributed by atoms with E-state index in [0.29, 0.717) is 32.8 Å². The van der Waals surface area contributed by atoms with E-state index in [2.05, 4.69) is 15.3 Å². The van der Waals surface area contributed by atoms with Crippen LogP contribution in [0.5, 0.6) is 0 Å². The molecule has 1 aromatic carbocycles. The molecule has 2 aromatic rings. The van der Waals surface area contributed by atoms with E-state index in [-0.39, 0.29) is 17.4 Å². The first-order valence-electron chi connectivity index (χ1n) is 10.4. The summed E-state index contributed by atoms with van der Waals surface area (Å²) >= 11 is 0. The van der Waals surface area contributed by atoms with Crippen LogP contribution < -0.4 is 15.8 Å². The monoisotopic (exact) mass is 398 g/mol. The van der Waals surface area contributed by atoms with Crippen molar-refractivity contribution in [1.29, 1.82) is 0 Å². The molecule has 1 saturated heterocycles. The molecule has 0 aliphatic carbocycles. The zero-order valence-corrected chi connectivity index (χ0v) is 17.0. The Kier molecular flexibility index (Phi) is 7.81. The second kappa shape index (κ2) is 10.8. The lowest BCUT2D eigenvalue weighted by molar-refractivity contribution is -0.125. The van der Waals surface area contributed by atoms with Crippen molar-refractivity contribution in [3.8, 4) is 0 Å². The summed E-state index contributed by atoms with van der Waals surface area (Å²) in [4.78, 5) is 27.1. The summed E-state index contributed by atoms with van der Waals surface area (Å²) in [7, 11) is 0. The number of piperidine rings is 1. The Labute approximate surface area is 171 Å². The van der Waals surface area contributed by atoms with Crippen LogP contribution >= 0.6 is 0 Å².